The first kappa shape index (κ1) is 7.46. The summed E-state index contributed by atoms with van der Waals surface area (Å²) < 4.78 is 0. The topological polar surface area (TPSA) is 53.4 Å². The third kappa shape index (κ3) is 1.03. The molecule has 1 aromatic rings. The van der Waals surface area contributed by atoms with Gasteiger partial charge in [0.25, 0.3) is 0 Å². The zero-order valence-corrected chi connectivity index (χ0v) is 6.38. The van der Waals surface area contributed by atoms with Gasteiger partial charge in [-0.3, -0.25) is 4.98 Å². The lowest BCUT2D eigenvalue weighted by molar-refractivity contribution is 0.0467. The van der Waals surface area contributed by atoms with E-state index in [9.17, 15) is 10.2 Å². The molecule has 0 saturated heterocycles. The van der Waals surface area contributed by atoms with E-state index >= 15 is 0 Å². The van der Waals surface area contributed by atoms with Crippen molar-refractivity contribution in [1.29, 1.82) is 0 Å². The second-order valence-electron chi connectivity index (χ2n) is 2.77. The van der Waals surface area contributed by atoms with Crippen molar-refractivity contribution < 1.29 is 10.2 Å². The van der Waals surface area contributed by atoms with Gasteiger partial charge in [0.05, 0.1) is 5.69 Å². The van der Waals surface area contributed by atoms with Gasteiger partial charge in [-0.25, -0.2) is 0 Å². The van der Waals surface area contributed by atoms with Crippen molar-refractivity contribution in [3.63, 3.8) is 0 Å². The molecule has 0 radical (unpaired) electrons. The van der Waals surface area contributed by atoms with Crippen LogP contribution >= 0.6 is 0 Å². The van der Waals surface area contributed by atoms with E-state index in [0.717, 1.165) is 5.69 Å². The van der Waals surface area contributed by atoms with Crippen molar-refractivity contribution in [2.45, 2.75) is 12.2 Å². The van der Waals surface area contributed by atoms with E-state index in [4.69, 9.17) is 0 Å². The van der Waals surface area contributed by atoms with Crippen molar-refractivity contribution in [3.8, 4) is 0 Å². The zero-order chi connectivity index (χ0) is 8.55. The largest absolute Gasteiger partial charge is 0.386 e. The molecule has 1 aliphatic rings. The molecule has 1 aromatic heterocycles. The first-order chi connectivity index (χ1) is 5.79. The number of fused-ring (bicyclic) bond motifs is 1. The molecule has 3 heteroatoms. The molecule has 0 bridgehead atoms. The summed E-state index contributed by atoms with van der Waals surface area (Å²) in [5, 5.41) is 18.7. The summed E-state index contributed by atoms with van der Waals surface area (Å²) in [4.78, 5) is 4.05. The molecule has 0 aromatic carbocycles. The van der Waals surface area contributed by atoms with Crippen LogP contribution in [0.2, 0.25) is 0 Å². The van der Waals surface area contributed by atoms with E-state index in [-0.39, 0.29) is 0 Å². The van der Waals surface area contributed by atoms with Crippen LogP contribution in [0.3, 0.4) is 0 Å². The Morgan fingerprint density at radius 3 is 3.00 bits per heavy atom. The second kappa shape index (κ2) is 2.69. The van der Waals surface area contributed by atoms with Crippen LogP contribution in [0, 0.1) is 0 Å². The number of aliphatic hydroxyl groups excluding tert-OH is 2. The molecule has 3 nitrogen and oxygen atoms in total. The maximum absolute atomic E-state index is 9.49. The predicted octanol–water partition coefficient (Wildman–Crippen LogP) is 0.503. The normalized spacial score (nSPS) is 26.8. The first-order valence-electron chi connectivity index (χ1n) is 3.78. The number of hydrogen-bond acceptors (Lipinski definition) is 3. The SMILES string of the molecule is O[C@H]1C=Cc2ncccc2[C@@H]1O. The zero-order valence-electron chi connectivity index (χ0n) is 6.38. The van der Waals surface area contributed by atoms with Crippen molar-refractivity contribution >= 4 is 6.08 Å². The lowest BCUT2D eigenvalue weighted by atomic mass is 9.97. The summed E-state index contributed by atoms with van der Waals surface area (Å²) in [6, 6.07) is 3.51. The molecule has 2 atom stereocenters. The highest BCUT2D eigenvalue weighted by Gasteiger charge is 2.21. The number of aromatic nitrogens is 1. The third-order valence-corrected chi connectivity index (χ3v) is 1.96. The molecule has 0 fully saturated rings. The van der Waals surface area contributed by atoms with E-state index in [1.807, 2.05) is 0 Å². The molecule has 1 heterocycles. The molecule has 0 spiro atoms. The van der Waals surface area contributed by atoms with Crippen LogP contribution in [0.25, 0.3) is 6.08 Å². The molecule has 0 aliphatic heterocycles. The molecule has 12 heavy (non-hydrogen) atoms. The van der Waals surface area contributed by atoms with E-state index in [2.05, 4.69) is 4.98 Å². The Bertz CT molecular complexity index is 322. The first-order valence-corrected chi connectivity index (χ1v) is 3.78. The van der Waals surface area contributed by atoms with Crippen LogP contribution in [-0.4, -0.2) is 21.3 Å². The van der Waals surface area contributed by atoms with Crippen LogP contribution in [0.4, 0.5) is 0 Å². The monoisotopic (exact) mass is 163 g/mol. The van der Waals surface area contributed by atoms with Gasteiger partial charge in [0, 0.05) is 11.8 Å². The van der Waals surface area contributed by atoms with Gasteiger partial charge in [-0.1, -0.05) is 12.1 Å². The fourth-order valence-electron chi connectivity index (χ4n) is 1.30. The highest BCUT2D eigenvalue weighted by Crippen LogP contribution is 2.25. The number of nitrogens with zero attached hydrogens (tertiary/aromatic N) is 1. The highest BCUT2D eigenvalue weighted by atomic mass is 16.3. The van der Waals surface area contributed by atoms with Gasteiger partial charge in [-0.15, -0.1) is 0 Å². The smallest absolute Gasteiger partial charge is 0.111 e. The van der Waals surface area contributed by atoms with Crippen LogP contribution in [0.5, 0.6) is 0 Å². The lowest BCUT2D eigenvalue weighted by Crippen LogP contribution is -2.19. The average molecular weight is 163 g/mol. The molecule has 1 aliphatic carbocycles. The number of hydrogen-bond donors (Lipinski definition) is 2. The van der Waals surface area contributed by atoms with Crippen molar-refractivity contribution in [1.82, 2.24) is 4.98 Å². The summed E-state index contributed by atoms with van der Waals surface area (Å²) >= 11 is 0. The molecule has 0 unspecified atom stereocenters. The molecule has 0 saturated carbocycles. The minimum Gasteiger partial charge on any atom is -0.386 e. The Hall–Kier alpha value is -1.19. The number of pyridine rings is 1. The summed E-state index contributed by atoms with van der Waals surface area (Å²) in [5.74, 6) is 0. The Labute approximate surface area is 70.0 Å². The van der Waals surface area contributed by atoms with E-state index < -0.39 is 12.2 Å². The van der Waals surface area contributed by atoms with Crippen LogP contribution in [-0.2, 0) is 0 Å². The maximum Gasteiger partial charge on any atom is 0.111 e. The van der Waals surface area contributed by atoms with Gasteiger partial charge in [0.15, 0.2) is 0 Å². The number of aliphatic hydroxyl groups is 2. The average Bonchev–Trinajstić information content (AvgIpc) is 2.12. The van der Waals surface area contributed by atoms with Gasteiger partial charge in [-0.2, -0.15) is 0 Å². The van der Waals surface area contributed by atoms with Gasteiger partial charge in [0.2, 0.25) is 0 Å². The molecule has 2 rings (SSSR count). The van der Waals surface area contributed by atoms with Gasteiger partial charge in [-0.05, 0) is 12.1 Å². The van der Waals surface area contributed by atoms with E-state index in [1.54, 1.807) is 30.5 Å². The van der Waals surface area contributed by atoms with Crippen LogP contribution in [0.1, 0.15) is 17.4 Å². The van der Waals surface area contributed by atoms with Gasteiger partial charge < -0.3 is 10.2 Å². The molecule has 62 valence electrons. The number of rotatable bonds is 0. The fourth-order valence-corrected chi connectivity index (χ4v) is 1.30. The van der Waals surface area contributed by atoms with Crippen molar-refractivity contribution in [2.24, 2.45) is 0 Å². The quantitative estimate of drug-likeness (QED) is 0.585. The summed E-state index contributed by atoms with van der Waals surface area (Å²) in [7, 11) is 0. The Kier molecular flexibility index (Phi) is 1.67. The highest BCUT2D eigenvalue weighted by molar-refractivity contribution is 5.54. The summed E-state index contributed by atoms with van der Waals surface area (Å²) in [6.45, 7) is 0. The Morgan fingerprint density at radius 2 is 2.17 bits per heavy atom. The van der Waals surface area contributed by atoms with Gasteiger partial charge in [0.1, 0.15) is 12.2 Å². The van der Waals surface area contributed by atoms with Crippen molar-refractivity contribution in [3.05, 3.63) is 35.7 Å². The summed E-state index contributed by atoms with van der Waals surface area (Å²) in [5.41, 5.74) is 1.42. The minimum absolute atomic E-state index is 0.688. The Balaban J connectivity index is 2.52. The van der Waals surface area contributed by atoms with E-state index in [0.29, 0.717) is 5.56 Å². The Morgan fingerprint density at radius 1 is 1.33 bits per heavy atom. The predicted molar refractivity (Wildman–Crippen MR) is 44.2 cm³/mol. The third-order valence-electron chi connectivity index (χ3n) is 1.96. The van der Waals surface area contributed by atoms with Crippen LogP contribution in [0.15, 0.2) is 24.4 Å². The molecular formula is C9H9NO2. The second-order valence-corrected chi connectivity index (χ2v) is 2.77. The maximum atomic E-state index is 9.49. The standard InChI is InChI=1S/C9H9NO2/c11-8-4-3-7-6(9(8)12)2-1-5-10-7/h1-5,8-9,11-12H/t8-,9-/m0/s1. The molecular weight excluding hydrogens is 154 g/mol. The lowest BCUT2D eigenvalue weighted by Gasteiger charge is -2.20. The van der Waals surface area contributed by atoms with Crippen LogP contribution < -0.4 is 0 Å². The summed E-state index contributed by atoms with van der Waals surface area (Å²) in [6.07, 6.45) is 3.28. The molecule has 0 amide bonds. The fraction of sp³-hybridized carbons (Fsp3) is 0.222. The van der Waals surface area contributed by atoms with E-state index in [1.165, 1.54) is 0 Å². The van der Waals surface area contributed by atoms with Crippen molar-refractivity contribution in [2.75, 3.05) is 0 Å². The minimum atomic E-state index is -0.835. The molecule has 2 N–H and O–H groups in total. The van der Waals surface area contributed by atoms with Gasteiger partial charge >= 0.3 is 0 Å².